The predicted molar refractivity (Wildman–Crippen MR) is 79.2 cm³/mol. The van der Waals surface area contributed by atoms with Crippen molar-refractivity contribution in [3.63, 3.8) is 0 Å². The molecule has 1 fully saturated rings. The normalized spacial score (nSPS) is 23.7. The molecule has 0 N–H and O–H groups in total. The molecule has 3 rings (SSSR count). The lowest BCUT2D eigenvalue weighted by molar-refractivity contribution is 0.00578. The van der Waals surface area contributed by atoms with E-state index in [0.29, 0.717) is 0 Å². The summed E-state index contributed by atoms with van der Waals surface area (Å²) < 4.78 is 12.3. The minimum absolute atomic E-state index is 0.269. The van der Waals surface area contributed by atoms with Crippen molar-refractivity contribution in [3.05, 3.63) is 28.3 Å². The van der Waals surface area contributed by atoms with E-state index in [1.165, 1.54) is 17.5 Å². The first-order valence-electron chi connectivity index (χ1n) is 6.98. The zero-order valence-electron chi connectivity index (χ0n) is 12.0. The van der Waals surface area contributed by atoms with Gasteiger partial charge in [0.1, 0.15) is 0 Å². The van der Waals surface area contributed by atoms with Gasteiger partial charge in [0.2, 0.25) is 0 Å². The van der Waals surface area contributed by atoms with Crippen LogP contribution in [0.3, 0.4) is 0 Å². The van der Waals surface area contributed by atoms with Crippen molar-refractivity contribution in [2.75, 3.05) is 0 Å². The number of benzene rings is 1. The van der Waals surface area contributed by atoms with Crippen LogP contribution in [0, 0.1) is 0 Å². The van der Waals surface area contributed by atoms with Crippen LogP contribution in [0.5, 0.6) is 0 Å². The van der Waals surface area contributed by atoms with Crippen molar-refractivity contribution < 1.29 is 9.31 Å². The maximum Gasteiger partial charge on any atom is 0.495 e. The second-order valence-electron chi connectivity index (χ2n) is 6.54. The third-order valence-electron chi connectivity index (χ3n) is 4.77. The molecule has 0 aromatic heterocycles. The Kier molecular flexibility index (Phi) is 3.01. The zero-order chi connectivity index (χ0) is 13.8. The van der Waals surface area contributed by atoms with Gasteiger partial charge in [-0.1, -0.05) is 17.7 Å². The van der Waals surface area contributed by atoms with Crippen LogP contribution in [-0.4, -0.2) is 18.3 Å². The molecule has 2 aliphatic rings. The van der Waals surface area contributed by atoms with Gasteiger partial charge in [-0.3, -0.25) is 0 Å². The molecule has 19 heavy (non-hydrogen) atoms. The topological polar surface area (TPSA) is 18.5 Å². The van der Waals surface area contributed by atoms with Gasteiger partial charge in [0.25, 0.3) is 0 Å². The van der Waals surface area contributed by atoms with E-state index in [1.807, 2.05) is 6.07 Å². The SMILES string of the molecule is CC1(C)OB(c2ccc(Cl)c3c2CCC3)OC1(C)C. The quantitative estimate of drug-likeness (QED) is 0.735. The van der Waals surface area contributed by atoms with Gasteiger partial charge in [-0.15, -0.1) is 0 Å². The molecule has 0 unspecified atom stereocenters. The van der Waals surface area contributed by atoms with E-state index >= 15 is 0 Å². The van der Waals surface area contributed by atoms with E-state index in [-0.39, 0.29) is 18.3 Å². The molecule has 0 bridgehead atoms. The monoisotopic (exact) mass is 278 g/mol. The van der Waals surface area contributed by atoms with Crippen LogP contribution < -0.4 is 5.46 Å². The molecule has 1 saturated heterocycles. The average molecular weight is 279 g/mol. The number of hydrogen-bond acceptors (Lipinski definition) is 2. The Morgan fingerprint density at radius 2 is 1.58 bits per heavy atom. The van der Waals surface area contributed by atoms with Crippen molar-refractivity contribution >= 4 is 24.2 Å². The van der Waals surface area contributed by atoms with E-state index in [0.717, 1.165) is 23.3 Å². The maximum absolute atomic E-state index is 6.28. The summed E-state index contributed by atoms with van der Waals surface area (Å²) in [5.41, 5.74) is 3.21. The lowest BCUT2D eigenvalue weighted by Gasteiger charge is -2.32. The first kappa shape index (κ1) is 13.5. The Hall–Kier alpha value is -0.505. The molecule has 1 heterocycles. The highest BCUT2D eigenvalue weighted by Gasteiger charge is 2.52. The average Bonchev–Trinajstić information content (AvgIpc) is 2.84. The van der Waals surface area contributed by atoms with E-state index in [9.17, 15) is 0 Å². The highest BCUT2D eigenvalue weighted by atomic mass is 35.5. The summed E-state index contributed by atoms with van der Waals surface area (Å²) in [6, 6.07) is 4.04. The van der Waals surface area contributed by atoms with E-state index in [1.54, 1.807) is 0 Å². The van der Waals surface area contributed by atoms with E-state index < -0.39 is 0 Å². The summed E-state index contributed by atoms with van der Waals surface area (Å²) in [5, 5.41) is 0.882. The fourth-order valence-electron chi connectivity index (χ4n) is 2.88. The van der Waals surface area contributed by atoms with Crippen molar-refractivity contribution in [1.82, 2.24) is 0 Å². The molecular formula is C15H20BClO2. The molecule has 0 spiro atoms. The minimum atomic E-state index is -0.289. The van der Waals surface area contributed by atoms with E-state index in [2.05, 4.69) is 33.8 Å². The molecule has 1 aliphatic heterocycles. The number of halogens is 1. The van der Waals surface area contributed by atoms with Gasteiger partial charge in [0, 0.05) is 5.02 Å². The molecular weight excluding hydrogens is 258 g/mol. The summed E-state index contributed by atoms with van der Waals surface area (Å²) in [6.07, 6.45) is 3.32. The standard InChI is InChI=1S/C15H20BClO2/c1-14(2)15(3,4)19-16(18-14)12-8-9-13(17)11-7-5-6-10(11)12/h8-9H,5-7H2,1-4H3. The van der Waals surface area contributed by atoms with Crippen LogP contribution >= 0.6 is 11.6 Å². The van der Waals surface area contributed by atoms with Gasteiger partial charge in [-0.05, 0) is 69.6 Å². The molecule has 1 aromatic rings. The Morgan fingerprint density at radius 3 is 2.21 bits per heavy atom. The Balaban J connectivity index is 2.00. The molecule has 102 valence electrons. The van der Waals surface area contributed by atoms with Crippen LogP contribution in [0.25, 0.3) is 0 Å². The molecule has 4 heteroatoms. The highest BCUT2D eigenvalue weighted by Crippen LogP contribution is 2.38. The summed E-state index contributed by atoms with van der Waals surface area (Å²) in [7, 11) is -0.269. The first-order chi connectivity index (χ1) is 8.82. The highest BCUT2D eigenvalue weighted by molar-refractivity contribution is 6.62. The third-order valence-corrected chi connectivity index (χ3v) is 5.13. The summed E-state index contributed by atoms with van der Waals surface area (Å²) in [6.45, 7) is 8.35. The fourth-order valence-corrected chi connectivity index (χ4v) is 3.15. The van der Waals surface area contributed by atoms with Crippen molar-refractivity contribution in [2.24, 2.45) is 0 Å². The molecule has 2 nitrogen and oxygen atoms in total. The number of hydrogen-bond donors (Lipinski definition) is 0. The van der Waals surface area contributed by atoms with Gasteiger partial charge >= 0.3 is 7.12 Å². The maximum atomic E-state index is 6.28. The molecule has 0 amide bonds. The predicted octanol–water partition coefficient (Wildman–Crippen LogP) is 3.13. The number of fused-ring (bicyclic) bond motifs is 1. The molecule has 0 saturated carbocycles. The Morgan fingerprint density at radius 1 is 1.00 bits per heavy atom. The molecule has 0 radical (unpaired) electrons. The third kappa shape index (κ3) is 2.03. The second kappa shape index (κ2) is 4.24. The Bertz CT molecular complexity index is 509. The number of rotatable bonds is 1. The van der Waals surface area contributed by atoms with Crippen LogP contribution in [-0.2, 0) is 22.2 Å². The summed E-state index contributed by atoms with van der Waals surface area (Å²) >= 11 is 6.28. The fraction of sp³-hybridized carbons (Fsp3) is 0.600. The first-order valence-corrected chi connectivity index (χ1v) is 7.35. The largest absolute Gasteiger partial charge is 0.495 e. The van der Waals surface area contributed by atoms with Crippen LogP contribution in [0.2, 0.25) is 5.02 Å². The van der Waals surface area contributed by atoms with Crippen LogP contribution in [0.15, 0.2) is 12.1 Å². The smallest absolute Gasteiger partial charge is 0.399 e. The molecule has 0 atom stereocenters. The lowest BCUT2D eigenvalue weighted by atomic mass is 9.75. The van der Waals surface area contributed by atoms with Crippen molar-refractivity contribution in [2.45, 2.75) is 58.2 Å². The summed E-state index contributed by atoms with van der Waals surface area (Å²) in [4.78, 5) is 0. The van der Waals surface area contributed by atoms with Gasteiger partial charge in [0.05, 0.1) is 11.2 Å². The van der Waals surface area contributed by atoms with Crippen LogP contribution in [0.1, 0.15) is 45.2 Å². The van der Waals surface area contributed by atoms with Gasteiger partial charge in [0.15, 0.2) is 0 Å². The van der Waals surface area contributed by atoms with E-state index in [4.69, 9.17) is 20.9 Å². The molecule has 1 aliphatic carbocycles. The Labute approximate surface area is 120 Å². The van der Waals surface area contributed by atoms with Gasteiger partial charge in [-0.25, -0.2) is 0 Å². The van der Waals surface area contributed by atoms with Gasteiger partial charge < -0.3 is 9.31 Å². The molecule has 1 aromatic carbocycles. The minimum Gasteiger partial charge on any atom is -0.399 e. The lowest BCUT2D eigenvalue weighted by Crippen LogP contribution is -2.41. The van der Waals surface area contributed by atoms with Crippen molar-refractivity contribution in [1.29, 1.82) is 0 Å². The van der Waals surface area contributed by atoms with Gasteiger partial charge in [-0.2, -0.15) is 0 Å². The van der Waals surface area contributed by atoms with Crippen LogP contribution in [0.4, 0.5) is 0 Å². The summed E-state index contributed by atoms with van der Waals surface area (Å²) in [5.74, 6) is 0. The van der Waals surface area contributed by atoms with Crippen molar-refractivity contribution in [3.8, 4) is 0 Å². The zero-order valence-corrected chi connectivity index (χ0v) is 12.8. The second-order valence-corrected chi connectivity index (χ2v) is 6.94.